The standard InChI is InChI=1S/C31H36FN5O2/c1-3-4-12-34-28-24(32)17-22-27(33)23(31(38)35-13-11-21-10-7-14-36(21)2)18-37-25-15-19-8-5-6-9-20(19)16-26(25)39-30(28)29(22)37/h5-6,8-9,16-19,21,33-34H,3-4,7,10-15H2,1-2H3,(H,35,38). The predicted molar refractivity (Wildman–Crippen MR) is 152 cm³/mol. The normalized spacial score (nSPS) is 21.5. The number of allylic oxidation sites excluding steroid dienone is 7. The zero-order valence-electron chi connectivity index (χ0n) is 22.6. The number of hydrogen-bond donors (Lipinski definition) is 3. The Kier molecular flexibility index (Phi) is 6.89. The maximum absolute atomic E-state index is 15.6. The molecule has 1 aromatic heterocycles. The van der Waals surface area contributed by atoms with Gasteiger partial charge in [-0.1, -0.05) is 37.6 Å². The molecule has 39 heavy (non-hydrogen) atoms. The fourth-order valence-electron chi connectivity index (χ4n) is 6.18. The van der Waals surface area contributed by atoms with E-state index in [1.807, 2.05) is 22.8 Å². The Balaban J connectivity index is 1.43. The highest BCUT2D eigenvalue weighted by atomic mass is 19.1. The van der Waals surface area contributed by atoms with Gasteiger partial charge < -0.3 is 24.8 Å². The van der Waals surface area contributed by atoms with Gasteiger partial charge in [0.05, 0.1) is 16.6 Å². The number of hydrogen-bond acceptors (Lipinski definition) is 5. The van der Waals surface area contributed by atoms with Crippen LogP contribution in [0.5, 0.6) is 5.75 Å². The van der Waals surface area contributed by atoms with Crippen LogP contribution in [0.25, 0.3) is 16.6 Å². The summed E-state index contributed by atoms with van der Waals surface area (Å²) in [5, 5.41) is 15.6. The summed E-state index contributed by atoms with van der Waals surface area (Å²) >= 11 is 0. The van der Waals surface area contributed by atoms with E-state index in [1.165, 1.54) is 12.5 Å². The highest BCUT2D eigenvalue weighted by molar-refractivity contribution is 6.01. The maximum atomic E-state index is 15.6. The van der Waals surface area contributed by atoms with Gasteiger partial charge in [-0.15, -0.1) is 0 Å². The molecule has 4 aliphatic rings. The fraction of sp³-hybridized carbons (Fsp3) is 0.419. The van der Waals surface area contributed by atoms with Gasteiger partial charge >= 0.3 is 0 Å². The van der Waals surface area contributed by atoms with Crippen molar-refractivity contribution < 1.29 is 13.9 Å². The first kappa shape index (κ1) is 25.6. The number of anilines is 1. The molecule has 2 aromatic rings. The molecule has 1 saturated heterocycles. The van der Waals surface area contributed by atoms with Crippen molar-refractivity contribution in [3.8, 4) is 5.75 Å². The predicted octanol–water partition coefficient (Wildman–Crippen LogP) is 5.32. The van der Waals surface area contributed by atoms with Gasteiger partial charge in [0.15, 0.2) is 11.6 Å². The SMILES string of the molecule is CCCCNc1c(F)cc2c(=N)c(C(=O)NCCC3CCCN3C)cn3c2c1OC1=C3CC2C=CC=CC2=C1. The number of halogens is 1. The van der Waals surface area contributed by atoms with Crippen LogP contribution in [0.2, 0.25) is 0 Å². The lowest BCUT2D eigenvalue weighted by molar-refractivity contribution is 0.0948. The van der Waals surface area contributed by atoms with E-state index in [0.29, 0.717) is 53.7 Å². The second-order valence-electron chi connectivity index (χ2n) is 11.0. The van der Waals surface area contributed by atoms with Gasteiger partial charge in [-0.05, 0) is 57.0 Å². The lowest BCUT2D eigenvalue weighted by Gasteiger charge is -2.33. The minimum Gasteiger partial charge on any atom is -0.451 e. The van der Waals surface area contributed by atoms with Crippen LogP contribution in [0.15, 0.2) is 54.0 Å². The number of nitrogens with zero attached hydrogens (tertiary/aromatic N) is 2. The number of rotatable bonds is 8. The largest absolute Gasteiger partial charge is 0.451 e. The second kappa shape index (κ2) is 10.5. The number of pyridine rings is 1. The molecule has 2 unspecified atom stereocenters. The Hall–Kier alpha value is -3.65. The molecule has 6 rings (SSSR count). The molecule has 2 aliphatic heterocycles. The second-order valence-corrected chi connectivity index (χ2v) is 11.0. The lowest BCUT2D eigenvalue weighted by atomic mass is 9.85. The summed E-state index contributed by atoms with van der Waals surface area (Å²) in [5.74, 6) is 0.425. The van der Waals surface area contributed by atoms with Crippen LogP contribution in [0.1, 0.15) is 55.8 Å². The van der Waals surface area contributed by atoms with Crippen LogP contribution in [0, 0.1) is 17.1 Å². The summed E-state index contributed by atoms with van der Waals surface area (Å²) in [6, 6.07) is 1.84. The van der Waals surface area contributed by atoms with Crippen molar-refractivity contribution in [3.63, 3.8) is 0 Å². The van der Waals surface area contributed by atoms with Crippen LogP contribution < -0.4 is 20.7 Å². The number of nitrogens with one attached hydrogen (secondary N) is 3. The van der Waals surface area contributed by atoms with E-state index in [4.69, 9.17) is 10.1 Å². The lowest BCUT2D eigenvalue weighted by Crippen LogP contribution is -2.34. The van der Waals surface area contributed by atoms with Gasteiger partial charge in [-0.2, -0.15) is 0 Å². The van der Waals surface area contributed by atoms with Crippen LogP contribution in [0.3, 0.4) is 0 Å². The molecule has 3 heterocycles. The molecular weight excluding hydrogens is 493 g/mol. The summed E-state index contributed by atoms with van der Waals surface area (Å²) in [7, 11) is 2.12. The van der Waals surface area contributed by atoms with Crippen molar-refractivity contribution in [1.82, 2.24) is 14.8 Å². The van der Waals surface area contributed by atoms with E-state index in [2.05, 4.69) is 41.7 Å². The third kappa shape index (κ3) is 4.61. The number of carbonyl (C=O) groups excluding carboxylic acids is 1. The van der Waals surface area contributed by atoms with Crippen molar-refractivity contribution in [2.75, 3.05) is 32.0 Å². The Bertz CT molecular complexity index is 1520. The summed E-state index contributed by atoms with van der Waals surface area (Å²) in [6.45, 7) is 4.33. The number of benzene rings is 1. The number of amides is 1. The average Bonchev–Trinajstić information content (AvgIpc) is 3.34. The molecular formula is C31H36FN5O2. The molecule has 1 fully saturated rings. The highest BCUT2D eigenvalue weighted by Gasteiger charge is 2.32. The molecule has 2 aliphatic carbocycles. The molecule has 0 spiro atoms. The molecule has 0 saturated carbocycles. The summed E-state index contributed by atoms with van der Waals surface area (Å²) in [4.78, 5) is 15.7. The molecule has 204 valence electrons. The van der Waals surface area contributed by atoms with Gasteiger partial charge in [0.1, 0.15) is 17.0 Å². The van der Waals surface area contributed by atoms with Crippen molar-refractivity contribution in [3.05, 3.63) is 70.7 Å². The Morgan fingerprint density at radius 2 is 2.15 bits per heavy atom. The first-order valence-electron chi connectivity index (χ1n) is 14.1. The number of fused-ring (bicyclic) bond motifs is 2. The zero-order valence-corrected chi connectivity index (χ0v) is 22.6. The quantitative estimate of drug-likeness (QED) is 0.405. The van der Waals surface area contributed by atoms with Crippen LogP contribution in [-0.4, -0.2) is 48.1 Å². The van der Waals surface area contributed by atoms with Crippen molar-refractivity contribution in [2.24, 2.45) is 5.92 Å². The van der Waals surface area contributed by atoms with E-state index in [1.54, 1.807) is 6.20 Å². The van der Waals surface area contributed by atoms with E-state index in [0.717, 1.165) is 43.5 Å². The Labute approximate surface area is 228 Å². The maximum Gasteiger partial charge on any atom is 0.254 e. The molecule has 0 radical (unpaired) electrons. The highest BCUT2D eigenvalue weighted by Crippen LogP contribution is 2.46. The van der Waals surface area contributed by atoms with Gasteiger partial charge in [0.25, 0.3) is 5.91 Å². The number of carbonyl (C=O) groups is 1. The van der Waals surface area contributed by atoms with Gasteiger partial charge in [-0.3, -0.25) is 10.2 Å². The van der Waals surface area contributed by atoms with E-state index >= 15 is 4.39 Å². The number of likely N-dealkylation sites (tertiary alicyclic amines) is 1. The van der Waals surface area contributed by atoms with Crippen molar-refractivity contribution in [1.29, 1.82) is 5.41 Å². The van der Waals surface area contributed by atoms with Crippen LogP contribution >= 0.6 is 0 Å². The average molecular weight is 530 g/mol. The third-order valence-electron chi connectivity index (χ3n) is 8.43. The molecule has 1 aromatic carbocycles. The van der Waals surface area contributed by atoms with E-state index in [-0.39, 0.29) is 22.7 Å². The van der Waals surface area contributed by atoms with Gasteiger partial charge in [0, 0.05) is 43.1 Å². The molecule has 3 N–H and O–H groups in total. The number of aromatic nitrogens is 1. The topological polar surface area (TPSA) is 82.4 Å². The fourth-order valence-corrected chi connectivity index (χ4v) is 6.18. The minimum atomic E-state index is -0.485. The first-order valence-corrected chi connectivity index (χ1v) is 14.1. The summed E-state index contributed by atoms with van der Waals surface area (Å²) < 4.78 is 24.0. The smallest absolute Gasteiger partial charge is 0.254 e. The molecule has 7 nitrogen and oxygen atoms in total. The Morgan fingerprint density at radius 1 is 1.28 bits per heavy atom. The number of unbranched alkanes of at least 4 members (excludes halogenated alkanes) is 1. The first-order chi connectivity index (χ1) is 19.0. The van der Waals surface area contributed by atoms with Crippen molar-refractivity contribution >= 4 is 28.2 Å². The van der Waals surface area contributed by atoms with Crippen molar-refractivity contribution in [2.45, 2.75) is 51.5 Å². The summed E-state index contributed by atoms with van der Waals surface area (Å²) in [5.41, 5.74) is 3.21. The monoisotopic (exact) mass is 529 g/mol. The number of ether oxygens (including phenoxy) is 1. The van der Waals surface area contributed by atoms with Gasteiger partial charge in [-0.25, -0.2) is 4.39 Å². The third-order valence-corrected chi connectivity index (χ3v) is 8.43. The molecule has 1 amide bonds. The zero-order chi connectivity index (χ0) is 27.1. The summed E-state index contributed by atoms with van der Waals surface area (Å²) in [6.07, 6.45) is 17.8. The molecule has 8 heteroatoms. The van der Waals surface area contributed by atoms with Crippen LogP contribution in [-0.2, 0) is 0 Å². The van der Waals surface area contributed by atoms with Crippen LogP contribution in [0.4, 0.5) is 10.1 Å². The minimum absolute atomic E-state index is 0.0113. The van der Waals surface area contributed by atoms with Gasteiger partial charge in [0.2, 0.25) is 0 Å². The Morgan fingerprint density at radius 3 is 2.95 bits per heavy atom. The molecule has 0 bridgehead atoms. The van der Waals surface area contributed by atoms with E-state index in [9.17, 15) is 4.79 Å². The molecule has 2 atom stereocenters. The van der Waals surface area contributed by atoms with E-state index < -0.39 is 5.82 Å².